The second kappa shape index (κ2) is 7.29. The van der Waals surface area contributed by atoms with E-state index < -0.39 is 5.97 Å². The van der Waals surface area contributed by atoms with Crippen molar-refractivity contribution >= 4 is 5.97 Å². The molecule has 108 valence electrons. The van der Waals surface area contributed by atoms with Gasteiger partial charge in [-0.15, -0.1) is 0 Å². The number of ether oxygens (including phenoxy) is 1. The molecule has 0 bridgehead atoms. The summed E-state index contributed by atoms with van der Waals surface area (Å²) in [6.07, 6.45) is 2.42. The first-order valence-corrected chi connectivity index (χ1v) is 6.84. The third-order valence-electron chi connectivity index (χ3n) is 3.12. The van der Waals surface area contributed by atoms with Crippen LogP contribution < -0.4 is 4.74 Å². The molecule has 0 unspecified atom stereocenters. The van der Waals surface area contributed by atoms with Gasteiger partial charge in [-0.25, -0.2) is 0 Å². The molecule has 0 fully saturated rings. The van der Waals surface area contributed by atoms with Crippen LogP contribution in [0, 0.1) is 0 Å². The second-order valence-electron chi connectivity index (χ2n) is 4.72. The molecule has 0 aliphatic carbocycles. The average Bonchev–Trinajstić information content (AvgIpc) is 2.51. The fourth-order valence-electron chi connectivity index (χ4n) is 2.04. The maximum Gasteiger partial charge on any atom is 0.303 e. The number of hydrogen-bond acceptors (Lipinski definition) is 2. The first kappa shape index (κ1) is 14.9. The van der Waals surface area contributed by atoms with Crippen LogP contribution >= 0.6 is 0 Å². The van der Waals surface area contributed by atoms with Crippen molar-refractivity contribution in [3.63, 3.8) is 0 Å². The minimum absolute atomic E-state index is 0.157. The summed E-state index contributed by atoms with van der Waals surface area (Å²) in [6.45, 7) is 4.11. The molecular weight excluding hydrogens is 264 g/mol. The van der Waals surface area contributed by atoms with Gasteiger partial charge in [0.15, 0.2) is 0 Å². The van der Waals surface area contributed by atoms with Gasteiger partial charge in [0.25, 0.3) is 0 Å². The normalized spacial score (nSPS) is 10.1. The molecule has 0 saturated carbocycles. The molecule has 2 rings (SSSR count). The molecule has 0 heterocycles. The number of rotatable bonds is 7. The van der Waals surface area contributed by atoms with Crippen LogP contribution in [0.3, 0.4) is 0 Å². The highest BCUT2D eigenvalue weighted by Gasteiger charge is 2.02. The number of aliphatic carboxylic acids is 1. The highest BCUT2D eigenvalue weighted by molar-refractivity contribution is 5.68. The van der Waals surface area contributed by atoms with Crippen LogP contribution in [0.5, 0.6) is 5.75 Å². The lowest BCUT2D eigenvalue weighted by Crippen LogP contribution is -1.97. The Morgan fingerprint density at radius 1 is 1.14 bits per heavy atom. The van der Waals surface area contributed by atoms with Gasteiger partial charge in [0, 0.05) is 6.42 Å². The molecule has 0 atom stereocenters. The smallest absolute Gasteiger partial charge is 0.303 e. The van der Waals surface area contributed by atoms with Crippen LogP contribution in [-0.4, -0.2) is 17.7 Å². The second-order valence-corrected chi connectivity index (χ2v) is 4.72. The molecule has 0 aromatic heterocycles. The highest BCUT2D eigenvalue weighted by atomic mass is 16.5. The largest absolute Gasteiger partial charge is 0.490 e. The summed E-state index contributed by atoms with van der Waals surface area (Å²) in [6, 6.07) is 15.8. The lowest BCUT2D eigenvalue weighted by atomic mass is 10.0. The van der Waals surface area contributed by atoms with Crippen molar-refractivity contribution in [3.05, 3.63) is 66.7 Å². The molecule has 0 aliphatic rings. The Hall–Kier alpha value is -2.55. The standard InChI is InChI=1S/C18H18O3/c1-2-12-21-17-5-3-4-16(13-17)15-9-6-14(7-10-15)8-11-18(19)20/h2-7,9-10,13H,1,8,11-12H2,(H,19,20). The van der Waals surface area contributed by atoms with Crippen LogP contribution in [0.2, 0.25) is 0 Å². The van der Waals surface area contributed by atoms with Crippen molar-refractivity contribution in [2.75, 3.05) is 6.61 Å². The number of benzene rings is 2. The van der Waals surface area contributed by atoms with Crippen LogP contribution in [-0.2, 0) is 11.2 Å². The number of aryl methyl sites for hydroxylation is 1. The van der Waals surface area contributed by atoms with Crippen molar-refractivity contribution in [2.24, 2.45) is 0 Å². The van der Waals surface area contributed by atoms with Crippen LogP contribution in [0.15, 0.2) is 61.2 Å². The van der Waals surface area contributed by atoms with Crippen molar-refractivity contribution < 1.29 is 14.6 Å². The van der Waals surface area contributed by atoms with Gasteiger partial charge in [0.05, 0.1) is 0 Å². The summed E-state index contributed by atoms with van der Waals surface area (Å²) in [5.41, 5.74) is 3.18. The van der Waals surface area contributed by atoms with Gasteiger partial charge < -0.3 is 9.84 Å². The molecule has 2 aromatic carbocycles. The topological polar surface area (TPSA) is 46.5 Å². The summed E-state index contributed by atoms with van der Waals surface area (Å²) < 4.78 is 5.52. The number of hydrogen-bond donors (Lipinski definition) is 1. The molecule has 0 saturated heterocycles. The Morgan fingerprint density at radius 3 is 2.57 bits per heavy atom. The maximum absolute atomic E-state index is 10.6. The Morgan fingerprint density at radius 2 is 1.90 bits per heavy atom. The molecule has 0 aliphatic heterocycles. The molecule has 3 nitrogen and oxygen atoms in total. The molecule has 3 heteroatoms. The Balaban J connectivity index is 2.10. The van der Waals surface area contributed by atoms with Crippen LogP contribution in [0.1, 0.15) is 12.0 Å². The van der Waals surface area contributed by atoms with Gasteiger partial charge in [-0.1, -0.05) is 49.1 Å². The molecule has 0 spiro atoms. The Kier molecular flexibility index (Phi) is 5.16. The summed E-state index contributed by atoms with van der Waals surface area (Å²) in [7, 11) is 0. The van der Waals surface area contributed by atoms with Gasteiger partial charge in [-0.2, -0.15) is 0 Å². The van der Waals surface area contributed by atoms with Crippen molar-refractivity contribution in [1.29, 1.82) is 0 Å². The van der Waals surface area contributed by atoms with Gasteiger partial charge in [0.2, 0.25) is 0 Å². The SMILES string of the molecule is C=CCOc1cccc(-c2ccc(CCC(=O)O)cc2)c1. The summed E-state index contributed by atoms with van der Waals surface area (Å²) in [4.78, 5) is 10.6. The van der Waals surface area contributed by atoms with E-state index in [0.29, 0.717) is 13.0 Å². The van der Waals surface area contributed by atoms with E-state index in [2.05, 4.69) is 6.58 Å². The fraction of sp³-hybridized carbons (Fsp3) is 0.167. The quantitative estimate of drug-likeness (QED) is 0.782. The Bertz CT molecular complexity index is 615. The number of carboxylic acids is 1. The summed E-state index contributed by atoms with van der Waals surface area (Å²) >= 11 is 0. The van der Waals surface area contributed by atoms with E-state index in [4.69, 9.17) is 9.84 Å². The van der Waals surface area contributed by atoms with E-state index in [9.17, 15) is 4.79 Å². The predicted octanol–water partition coefficient (Wildman–Crippen LogP) is 3.94. The third-order valence-corrected chi connectivity index (χ3v) is 3.12. The van der Waals surface area contributed by atoms with Crippen molar-refractivity contribution in [3.8, 4) is 16.9 Å². The summed E-state index contributed by atoms with van der Waals surface area (Å²) in [5.74, 6) is 0.0356. The van der Waals surface area contributed by atoms with Gasteiger partial charge in [0.1, 0.15) is 12.4 Å². The van der Waals surface area contributed by atoms with Crippen LogP contribution in [0.4, 0.5) is 0 Å². The summed E-state index contributed by atoms with van der Waals surface area (Å²) in [5, 5.41) is 8.69. The maximum atomic E-state index is 10.6. The molecule has 2 aromatic rings. The molecular formula is C18H18O3. The molecule has 0 amide bonds. The van der Waals surface area contributed by atoms with Crippen molar-refractivity contribution in [1.82, 2.24) is 0 Å². The minimum atomic E-state index is -0.772. The van der Waals surface area contributed by atoms with Gasteiger partial charge in [-0.05, 0) is 35.2 Å². The Labute approximate surface area is 124 Å². The van der Waals surface area contributed by atoms with Gasteiger partial charge in [-0.3, -0.25) is 4.79 Å². The lowest BCUT2D eigenvalue weighted by Gasteiger charge is -2.07. The number of carboxylic acid groups (broad SMARTS) is 1. The zero-order valence-corrected chi connectivity index (χ0v) is 11.8. The molecule has 21 heavy (non-hydrogen) atoms. The zero-order valence-electron chi connectivity index (χ0n) is 11.8. The van der Waals surface area contributed by atoms with E-state index in [-0.39, 0.29) is 6.42 Å². The van der Waals surface area contributed by atoms with E-state index >= 15 is 0 Å². The first-order chi connectivity index (χ1) is 10.2. The highest BCUT2D eigenvalue weighted by Crippen LogP contribution is 2.24. The predicted molar refractivity (Wildman–Crippen MR) is 83.5 cm³/mol. The van der Waals surface area contributed by atoms with Gasteiger partial charge >= 0.3 is 5.97 Å². The van der Waals surface area contributed by atoms with E-state index in [1.165, 1.54) is 0 Å². The number of carbonyl (C=O) groups is 1. The minimum Gasteiger partial charge on any atom is -0.490 e. The van der Waals surface area contributed by atoms with E-state index in [0.717, 1.165) is 22.4 Å². The first-order valence-electron chi connectivity index (χ1n) is 6.84. The molecule has 1 N–H and O–H groups in total. The monoisotopic (exact) mass is 282 g/mol. The van der Waals surface area contributed by atoms with E-state index in [1.807, 2.05) is 48.5 Å². The average molecular weight is 282 g/mol. The lowest BCUT2D eigenvalue weighted by molar-refractivity contribution is -0.136. The van der Waals surface area contributed by atoms with Crippen molar-refractivity contribution in [2.45, 2.75) is 12.8 Å². The molecule has 0 radical (unpaired) electrons. The van der Waals surface area contributed by atoms with Crippen LogP contribution in [0.25, 0.3) is 11.1 Å². The third kappa shape index (κ3) is 4.49. The fourth-order valence-corrected chi connectivity index (χ4v) is 2.04. The zero-order chi connectivity index (χ0) is 15.1. The van der Waals surface area contributed by atoms with E-state index in [1.54, 1.807) is 6.08 Å².